The fourth-order valence-electron chi connectivity index (χ4n) is 10.3. The standard InChI is InChI=1S/C73H86N4Si/c1-68(2,3)50-36-47(37-51(42-50)69(4,5)6)65-58-28-26-56(74-58)64(46-24-22-45(23-25-46)34-35-78(19,20)21)57-27-29-59(75-57)66(48-38-52(70(7,8)9)43-53(39-48)71(10,11)12)61-31-33-63(77-61)67(62-32-30-60(65)76-62)49-40-54(72(13,14)15)44-55(41-49)73(16,17)18/h22-33,36-44,74,77H,1-21H3. The quantitative estimate of drug-likeness (QED) is 0.136. The Bertz CT molecular complexity index is 3630. The summed E-state index contributed by atoms with van der Waals surface area (Å²) in [6.45, 7) is 48.6. The third-order valence-corrected chi connectivity index (χ3v) is 16.2. The first-order valence-electron chi connectivity index (χ1n) is 28.3. The molecule has 9 rings (SSSR count). The van der Waals surface area contributed by atoms with Crippen LogP contribution in [0.3, 0.4) is 0 Å². The van der Waals surface area contributed by atoms with Crippen LogP contribution in [0.1, 0.15) is 186 Å². The van der Waals surface area contributed by atoms with Crippen molar-refractivity contribution in [3.05, 3.63) is 165 Å². The zero-order valence-electron chi connectivity index (χ0n) is 51.0. The predicted octanol–water partition coefficient (Wildman–Crippen LogP) is 20.3. The van der Waals surface area contributed by atoms with E-state index in [0.717, 1.165) is 94.9 Å². The lowest BCUT2D eigenvalue weighted by Crippen LogP contribution is -2.16. The minimum atomic E-state index is -1.59. The molecule has 0 saturated heterocycles. The second-order valence-corrected chi connectivity index (χ2v) is 34.2. The van der Waals surface area contributed by atoms with Gasteiger partial charge in [-0.1, -0.05) is 217 Å². The molecule has 0 unspecified atom stereocenters. The molecule has 5 heterocycles. The second kappa shape index (κ2) is 19.6. The zero-order valence-corrected chi connectivity index (χ0v) is 52.0. The highest BCUT2D eigenvalue weighted by Gasteiger charge is 2.28. The fourth-order valence-corrected chi connectivity index (χ4v) is 10.8. The van der Waals surface area contributed by atoms with Gasteiger partial charge in [0, 0.05) is 49.9 Å². The summed E-state index contributed by atoms with van der Waals surface area (Å²) >= 11 is 0. The average molecular weight is 1050 g/mol. The van der Waals surface area contributed by atoms with Crippen molar-refractivity contribution >= 4 is 54.4 Å². The van der Waals surface area contributed by atoms with E-state index in [9.17, 15) is 0 Å². The molecule has 0 saturated carbocycles. The van der Waals surface area contributed by atoms with Gasteiger partial charge in [0.05, 0.1) is 22.8 Å². The molecule has 0 fully saturated rings. The lowest BCUT2D eigenvalue weighted by atomic mass is 9.78. The fraction of sp³-hybridized carbons (Fsp3) is 0.370. The molecule has 402 valence electrons. The van der Waals surface area contributed by atoms with Crippen molar-refractivity contribution in [1.82, 2.24) is 19.9 Å². The van der Waals surface area contributed by atoms with Crippen LogP contribution in [0.2, 0.25) is 19.6 Å². The van der Waals surface area contributed by atoms with Crippen molar-refractivity contribution in [2.45, 2.75) is 177 Å². The van der Waals surface area contributed by atoms with E-state index in [0.29, 0.717) is 0 Å². The average Bonchev–Trinajstić information content (AvgIpc) is 4.26. The minimum Gasteiger partial charge on any atom is -0.354 e. The summed E-state index contributed by atoms with van der Waals surface area (Å²) < 4.78 is 0. The number of aromatic amines is 2. The highest BCUT2D eigenvalue weighted by Crippen LogP contribution is 2.44. The molecule has 3 aromatic heterocycles. The van der Waals surface area contributed by atoms with E-state index in [2.05, 4.69) is 293 Å². The summed E-state index contributed by atoms with van der Waals surface area (Å²) in [5, 5.41) is 0. The Hall–Kier alpha value is -6.74. The van der Waals surface area contributed by atoms with Crippen molar-refractivity contribution in [3.8, 4) is 56.0 Å². The molecular formula is C73H86N4Si. The van der Waals surface area contributed by atoms with E-state index in [1.165, 1.54) is 33.4 Å². The van der Waals surface area contributed by atoms with E-state index in [1.54, 1.807) is 0 Å². The molecule has 8 bridgehead atoms. The molecule has 78 heavy (non-hydrogen) atoms. The molecule has 0 amide bonds. The number of aromatic nitrogens is 4. The smallest absolute Gasteiger partial charge is 0.129 e. The summed E-state index contributed by atoms with van der Waals surface area (Å²) in [6.07, 6.45) is 8.92. The number of H-pyrrole nitrogens is 2. The maximum absolute atomic E-state index is 5.83. The molecule has 4 nitrogen and oxygen atoms in total. The minimum absolute atomic E-state index is 0.0958. The Balaban J connectivity index is 1.51. The van der Waals surface area contributed by atoms with Gasteiger partial charge in [0.15, 0.2) is 0 Å². The van der Waals surface area contributed by atoms with E-state index in [1.807, 2.05) is 0 Å². The molecule has 7 aromatic rings. The number of benzene rings is 4. The first-order valence-corrected chi connectivity index (χ1v) is 31.8. The molecule has 0 atom stereocenters. The van der Waals surface area contributed by atoms with E-state index < -0.39 is 8.07 Å². The summed E-state index contributed by atoms with van der Waals surface area (Å²) in [4.78, 5) is 19.7. The Labute approximate surface area is 469 Å². The van der Waals surface area contributed by atoms with Crippen LogP contribution in [0, 0.1) is 11.5 Å². The molecule has 2 aliphatic rings. The van der Waals surface area contributed by atoms with Crippen molar-refractivity contribution < 1.29 is 0 Å². The molecule has 0 aliphatic carbocycles. The van der Waals surface area contributed by atoms with Crippen molar-refractivity contribution in [2.75, 3.05) is 0 Å². The number of hydrogen-bond donors (Lipinski definition) is 2. The van der Waals surface area contributed by atoms with Crippen molar-refractivity contribution in [3.63, 3.8) is 0 Å². The van der Waals surface area contributed by atoms with E-state index >= 15 is 0 Å². The second-order valence-electron chi connectivity index (χ2n) is 29.5. The van der Waals surface area contributed by atoms with Crippen LogP contribution in [0.4, 0.5) is 0 Å². The summed E-state index contributed by atoms with van der Waals surface area (Å²) in [7, 11) is -1.59. The Kier molecular flexibility index (Phi) is 14.0. The third-order valence-electron chi connectivity index (χ3n) is 15.4. The van der Waals surface area contributed by atoms with Gasteiger partial charge in [-0.3, -0.25) is 0 Å². The highest BCUT2D eigenvalue weighted by atomic mass is 28.3. The molecule has 4 aromatic carbocycles. The summed E-state index contributed by atoms with van der Waals surface area (Å²) in [5.41, 5.74) is 28.0. The maximum atomic E-state index is 5.83. The van der Waals surface area contributed by atoms with Crippen LogP contribution in [0.15, 0.2) is 103 Å². The van der Waals surface area contributed by atoms with Crippen LogP contribution in [-0.2, 0) is 32.5 Å². The highest BCUT2D eigenvalue weighted by molar-refractivity contribution is 6.83. The normalized spacial score (nSPS) is 13.5. The van der Waals surface area contributed by atoms with Gasteiger partial charge in [0.25, 0.3) is 0 Å². The van der Waals surface area contributed by atoms with Crippen LogP contribution in [-0.4, -0.2) is 28.0 Å². The number of rotatable bonds is 4. The number of nitrogens with one attached hydrogen (secondary N) is 2. The molecule has 5 heteroatoms. The zero-order chi connectivity index (χ0) is 56.9. The summed E-state index contributed by atoms with van der Waals surface area (Å²) in [5.74, 6) is 3.50. The molecule has 0 radical (unpaired) electrons. The molecule has 0 spiro atoms. The molecule has 2 aliphatic heterocycles. The largest absolute Gasteiger partial charge is 0.354 e. The predicted molar refractivity (Wildman–Crippen MR) is 343 cm³/mol. The van der Waals surface area contributed by atoms with Gasteiger partial charge in [0.1, 0.15) is 8.07 Å². The van der Waals surface area contributed by atoms with Gasteiger partial charge in [0.2, 0.25) is 0 Å². The lowest BCUT2D eigenvalue weighted by molar-refractivity contribution is 0.568. The number of hydrogen-bond acceptors (Lipinski definition) is 2. The van der Waals surface area contributed by atoms with E-state index in [-0.39, 0.29) is 32.5 Å². The SMILES string of the molecule is CC(C)(C)c1cc(-c2c3nc(c(-c4cc(C(C)(C)C)cc(C(C)(C)C)c4)c4ccc([nH]4)c(-c4cc(C(C)(C)C)cc(C(C)(C)C)c4)c4nc(c(-c5ccc(C#C[Si](C)(C)C)cc5)c5ccc2[nH]5)C=C4)C=C3)cc(C(C)(C)C)c1. The number of nitrogens with zero attached hydrogens (tertiary/aromatic N) is 2. The van der Waals surface area contributed by atoms with Crippen LogP contribution >= 0.6 is 0 Å². The first kappa shape index (κ1) is 56.0. The number of fused-ring (bicyclic) bond motifs is 8. The van der Waals surface area contributed by atoms with Gasteiger partial charge in [-0.25, -0.2) is 9.97 Å². The molecular weight excluding hydrogens is 961 g/mol. The monoisotopic (exact) mass is 1050 g/mol. The van der Waals surface area contributed by atoms with Crippen molar-refractivity contribution in [1.29, 1.82) is 0 Å². The van der Waals surface area contributed by atoms with Gasteiger partial charge in [-0.05, 0) is 149 Å². The lowest BCUT2D eigenvalue weighted by Gasteiger charge is -2.26. The van der Waals surface area contributed by atoms with Crippen molar-refractivity contribution in [2.24, 2.45) is 0 Å². The van der Waals surface area contributed by atoms with Gasteiger partial charge in [-0.2, -0.15) is 0 Å². The van der Waals surface area contributed by atoms with Gasteiger partial charge < -0.3 is 9.97 Å². The van der Waals surface area contributed by atoms with Crippen LogP contribution < -0.4 is 0 Å². The third kappa shape index (κ3) is 11.8. The summed E-state index contributed by atoms with van der Waals surface area (Å²) in [6, 6.07) is 39.4. The van der Waals surface area contributed by atoms with Gasteiger partial charge in [-0.15, -0.1) is 5.54 Å². The molecule has 2 N–H and O–H groups in total. The Morgan fingerprint density at radius 3 is 0.795 bits per heavy atom. The topological polar surface area (TPSA) is 57.4 Å². The van der Waals surface area contributed by atoms with Crippen LogP contribution in [0.25, 0.3) is 90.9 Å². The first-order chi connectivity index (χ1) is 36.0. The maximum Gasteiger partial charge on any atom is 0.129 e. The van der Waals surface area contributed by atoms with E-state index in [4.69, 9.17) is 9.97 Å². The Morgan fingerprint density at radius 1 is 0.321 bits per heavy atom. The van der Waals surface area contributed by atoms with Gasteiger partial charge >= 0.3 is 0 Å². The Morgan fingerprint density at radius 2 is 0.564 bits per heavy atom. The van der Waals surface area contributed by atoms with Crippen LogP contribution in [0.5, 0.6) is 0 Å².